The smallest absolute Gasteiger partial charge is 0.225 e. The van der Waals surface area contributed by atoms with Crippen molar-refractivity contribution in [2.24, 2.45) is 0 Å². The zero-order valence-electron chi connectivity index (χ0n) is 11.2. The number of methoxy groups -OCH3 is 1. The summed E-state index contributed by atoms with van der Waals surface area (Å²) in [5.41, 5.74) is 1.09. The molecule has 0 bridgehead atoms. The van der Waals surface area contributed by atoms with Crippen molar-refractivity contribution in [2.45, 2.75) is 25.8 Å². The Morgan fingerprint density at radius 1 is 1.44 bits per heavy atom. The summed E-state index contributed by atoms with van der Waals surface area (Å²) >= 11 is 0. The molecule has 0 spiro atoms. The van der Waals surface area contributed by atoms with Crippen molar-refractivity contribution < 1.29 is 4.74 Å². The topological polar surface area (TPSA) is 50.3 Å². The lowest BCUT2D eigenvalue weighted by Crippen LogP contribution is -2.40. The number of nitrogens with zero attached hydrogens (tertiary/aromatic N) is 3. The minimum Gasteiger partial charge on any atom is -0.383 e. The Bertz CT molecular complexity index is 349. The van der Waals surface area contributed by atoms with Crippen molar-refractivity contribution in [1.29, 1.82) is 0 Å². The van der Waals surface area contributed by atoms with Gasteiger partial charge in [0, 0.05) is 38.6 Å². The molecular formula is C13H22N4O. The average molecular weight is 250 g/mol. The fraction of sp³-hybridized carbons (Fsp3) is 0.692. The quantitative estimate of drug-likeness (QED) is 0.816. The van der Waals surface area contributed by atoms with Gasteiger partial charge in [-0.1, -0.05) is 0 Å². The molecule has 1 unspecified atom stereocenters. The molecular weight excluding hydrogens is 228 g/mol. The van der Waals surface area contributed by atoms with E-state index in [1.54, 1.807) is 7.11 Å². The van der Waals surface area contributed by atoms with Crippen molar-refractivity contribution in [1.82, 2.24) is 15.3 Å². The minimum absolute atomic E-state index is 0.548. The summed E-state index contributed by atoms with van der Waals surface area (Å²) in [5, 5.41) is 3.51. The molecule has 0 aliphatic carbocycles. The molecule has 1 atom stereocenters. The maximum absolute atomic E-state index is 5.16. The molecule has 5 heteroatoms. The van der Waals surface area contributed by atoms with Gasteiger partial charge < -0.3 is 15.0 Å². The van der Waals surface area contributed by atoms with E-state index >= 15 is 0 Å². The lowest BCUT2D eigenvalue weighted by atomic mass is 10.2. The van der Waals surface area contributed by atoms with Crippen LogP contribution in [0, 0.1) is 6.92 Å². The molecule has 1 aromatic heterocycles. The molecule has 0 saturated carbocycles. The fourth-order valence-corrected chi connectivity index (χ4v) is 2.20. The average Bonchev–Trinajstić information content (AvgIpc) is 2.88. The number of nitrogens with one attached hydrogen (secondary N) is 1. The van der Waals surface area contributed by atoms with Crippen LogP contribution in [0.15, 0.2) is 12.4 Å². The molecule has 2 rings (SSSR count). The Labute approximate surface area is 109 Å². The Morgan fingerprint density at radius 2 is 2.22 bits per heavy atom. The van der Waals surface area contributed by atoms with E-state index in [2.05, 4.69) is 20.2 Å². The number of hydrogen-bond donors (Lipinski definition) is 1. The Balaban J connectivity index is 2.00. The SMILES string of the molecule is COCCN(CC1CCCN1)c1ncc(C)cn1. The lowest BCUT2D eigenvalue weighted by Gasteiger charge is -2.25. The first kappa shape index (κ1) is 13.2. The van der Waals surface area contributed by atoms with Gasteiger partial charge >= 0.3 is 0 Å². The second-order valence-electron chi connectivity index (χ2n) is 4.79. The molecule has 5 nitrogen and oxygen atoms in total. The largest absolute Gasteiger partial charge is 0.383 e. The van der Waals surface area contributed by atoms with Crippen LogP contribution in [-0.2, 0) is 4.74 Å². The minimum atomic E-state index is 0.548. The van der Waals surface area contributed by atoms with E-state index in [-0.39, 0.29) is 0 Å². The number of aromatic nitrogens is 2. The molecule has 0 radical (unpaired) electrons. The van der Waals surface area contributed by atoms with Gasteiger partial charge in [0.25, 0.3) is 0 Å². The van der Waals surface area contributed by atoms with E-state index in [9.17, 15) is 0 Å². The van der Waals surface area contributed by atoms with E-state index < -0.39 is 0 Å². The zero-order chi connectivity index (χ0) is 12.8. The molecule has 100 valence electrons. The predicted molar refractivity (Wildman–Crippen MR) is 71.9 cm³/mol. The molecule has 18 heavy (non-hydrogen) atoms. The van der Waals surface area contributed by atoms with Crippen LogP contribution in [0.3, 0.4) is 0 Å². The van der Waals surface area contributed by atoms with Crippen LogP contribution in [0.1, 0.15) is 18.4 Å². The second kappa shape index (κ2) is 6.66. The molecule has 1 saturated heterocycles. The molecule has 1 aliphatic heterocycles. The highest BCUT2D eigenvalue weighted by molar-refractivity contribution is 5.30. The summed E-state index contributed by atoms with van der Waals surface area (Å²) in [6.07, 6.45) is 6.22. The monoisotopic (exact) mass is 250 g/mol. The van der Waals surface area contributed by atoms with E-state index in [4.69, 9.17) is 4.74 Å². The third-order valence-corrected chi connectivity index (χ3v) is 3.22. The summed E-state index contributed by atoms with van der Waals surface area (Å²) in [5.74, 6) is 0.798. The van der Waals surface area contributed by atoms with Crippen molar-refractivity contribution in [2.75, 3.05) is 38.3 Å². The number of anilines is 1. The summed E-state index contributed by atoms with van der Waals surface area (Å²) in [4.78, 5) is 11.0. The number of ether oxygens (including phenoxy) is 1. The number of rotatable bonds is 6. The van der Waals surface area contributed by atoms with Gasteiger partial charge in [0.05, 0.1) is 6.61 Å². The Morgan fingerprint density at radius 3 is 2.83 bits per heavy atom. The van der Waals surface area contributed by atoms with Gasteiger partial charge in [0.2, 0.25) is 5.95 Å². The van der Waals surface area contributed by atoms with E-state index in [1.165, 1.54) is 12.8 Å². The number of aryl methyl sites for hydroxylation is 1. The normalized spacial score (nSPS) is 19.1. The van der Waals surface area contributed by atoms with Crippen molar-refractivity contribution in [3.63, 3.8) is 0 Å². The van der Waals surface area contributed by atoms with Crippen LogP contribution < -0.4 is 10.2 Å². The van der Waals surface area contributed by atoms with Crippen molar-refractivity contribution in [3.05, 3.63) is 18.0 Å². The Kier molecular flexibility index (Phi) is 4.90. The second-order valence-corrected chi connectivity index (χ2v) is 4.79. The third kappa shape index (κ3) is 3.65. The fourth-order valence-electron chi connectivity index (χ4n) is 2.20. The highest BCUT2D eigenvalue weighted by Crippen LogP contribution is 2.12. The molecule has 1 fully saturated rings. The van der Waals surface area contributed by atoms with Gasteiger partial charge in [-0.2, -0.15) is 0 Å². The molecule has 1 N–H and O–H groups in total. The summed E-state index contributed by atoms with van der Waals surface area (Å²) < 4.78 is 5.16. The predicted octanol–water partition coefficient (Wildman–Crippen LogP) is 0.990. The number of hydrogen-bond acceptors (Lipinski definition) is 5. The van der Waals surface area contributed by atoms with Gasteiger partial charge in [-0.15, -0.1) is 0 Å². The molecule has 0 aromatic carbocycles. The molecule has 1 aliphatic rings. The van der Waals surface area contributed by atoms with E-state index in [1.807, 2.05) is 19.3 Å². The van der Waals surface area contributed by atoms with E-state index in [0.717, 1.165) is 31.1 Å². The van der Waals surface area contributed by atoms with Crippen LogP contribution in [0.25, 0.3) is 0 Å². The van der Waals surface area contributed by atoms with Crippen molar-refractivity contribution in [3.8, 4) is 0 Å². The lowest BCUT2D eigenvalue weighted by molar-refractivity contribution is 0.204. The maximum Gasteiger partial charge on any atom is 0.225 e. The van der Waals surface area contributed by atoms with Gasteiger partial charge in [-0.25, -0.2) is 9.97 Å². The van der Waals surface area contributed by atoms with Gasteiger partial charge in [-0.05, 0) is 31.9 Å². The molecule has 2 heterocycles. The van der Waals surface area contributed by atoms with Gasteiger partial charge in [0.15, 0.2) is 0 Å². The molecule has 0 amide bonds. The summed E-state index contributed by atoms with van der Waals surface area (Å²) in [6.45, 7) is 5.60. The summed E-state index contributed by atoms with van der Waals surface area (Å²) in [7, 11) is 1.72. The maximum atomic E-state index is 5.16. The highest BCUT2D eigenvalue weighted by Gasteiger charge is 2.19. The third-order valence-electron chi connectivity index (χ3n) is 3.22. The van der Waals surface area contributed by atoms with Gasteiger partial charge in [-0.3, -0.25) is 0 Å². The standard InChI is InChI=1S/C13H22N4O/c1-11-8-15-13(16-9-11)17(6-7-18-2)10-12-4-3-5-14-12/h8-9,12,14H,3-7,10H2,1-2H3. The Hall–Kier alpha value is -1.20. The first-order valence-electron chi connectivity index (χ1n) is 6.55. The van der Waals surface area contributed by atoms with Crippen LogP contribution in [0.5, 0.6) is 0 Å². The summed E-state index contributed by atoms with van der Waals surface area (Å²) in [6, 6.07) is 0.548. The van der Waals surface area contributed by atoms with Crippen LogP contribution >= 0.6 is 0 Å². The first-order chi connectivity index (χ1) is 8.79. The first-order valence-corrected chi connectivity index (χ1v) is 6.55. The van der Waals surface area contributed by atoms with Gasteiger partial charge in [0.1, 0.15) is 0 Å². The molecule has 1 aromatic rings. The van der Waals surface area contributed by atoms with Crippen LogP contribution in [0.4, 0.5) is 5.95 Å². The highest BCUT2D eigenvalue weighted by atomic mass is 16.5. The van der Waals surface area contributed by atoms with E-state index in [0.29, 0.717) is 12.6 Å². The van der Waals surface area contributed by atoms with Crippen LogP contribution in [-0.4, -0.2) is 49.4 Å². The van der Waals surface area contributed by atoms with Crippen molar-refractivity contribution >= 4 is 5.95 Å². The van der Waals surface area contributed by atoms with Crippen LogP contribution in [0.2, 0.25) is 0 Å². The zero-order valence-corrected chi connectivity index (χ0v) is 11.2.